The molecule has 1 atom stereocenters. The van der Waals surface area contributed by atoms with Gasteiger partial charge in [0.05, 0.1) is 0 Å². The molecule has 1 fully saturated rings. The van der Waals surface area contributed by atoms with Crippen LogP contribution in [0.3, 0.4) is 0 Å². The number of aromatic nitrogens is 3. The summed E-state index contributed by atoms with van der Waals surface area (Å²) in [7, 11) is 0. The van der Waals surface area contributed by atoms with Crippen molar-refractivity contribution in [3.63, 3.8) is 0 Å². The Morgan fingerprint density at radius 2 is 2.16 bits per heavy atom. The zero-order valence-electron chi connectivity index (χ0n) is 11.5. The normalized spacial score (nSPS) is 18.2. The lowest BCUT2D eigenvalue weighted by atomic mass is 10.00. The maximum Gasteiger partial charge on any atom is 0.160 e. The third kappa shape index (κ3) is 2.78. The fourth-order valence-electron chi connectivity index (χ4n) is 3.10. The zero-order valence-corrected chi connectivity index (χ0v) is 11.5. The highest BCUT2D eigenvalue weighted by Crippen LogP contribution is 2.27. The van der Waals surface area contributed by atoms with Crippen molar-refractivity contribution in [2.45, 2.75) is 45.1 Å². The SMILES string of the molecule is CC(NCCc1nnc2ccccn12)C1CCCC1. The number of fused-ring (bicyclic) bond motifs is 1. The molecular weight excluding hydrogens is 236 g/mol. The van der Waals surface area contributed by atoms with Crippen LogP contribution in [0, 0.1) is 5.92 Å². The largest absolute Gasteiger partial charge is 0.314 e. The minimum absolute atomic E-state index is 0.627. The molecule has 0 aromatic carbocycles. The van der Waals surface area contributed by atoms with Crippen LogP contribution in [-0.2, 0) is 6.42 Å². The molecule has 0 bridgehead atoms. The molecule has 102 valence electrons. The van der Waals surface area contributed by atoms with E-state index in [0.29, 0.717) is 6.04 Å². The first kappa shape index (κ1) is 12.6. The number of pyridine rings is 1. The average Bonchev–Trinajstić information content (AvgIpc) is 3.08. The molecule has 0 radical (unpaired) electrons. The van der Waals surface area contributed by atoms with E-state index in [4.69, 9.17) is 0 Å². The molecule has 4 heteroatoms. The van der Waals surface area contributed by atoms with Crippen molar-refractivity contribution < 1.29 is 0 Å². The summed E-state index contributed by atoms with van der Waals surface area (Å²) < 4.78 is 2.07. The molecule has 2 aromatic heterocycles. The van der Waals surface area contributed by atoms with Crippen molar-refractivity contribution in [1.82, 2.24) is 19.9 Å². The van der Waals surface area contributed by atoms with Gasteiger partial charge in [0.1, 0.15) is 5.82 Å². The highest BCUT2D eigenvalue weighted by molar-refractivity contribution is 5.36. The van der Waals surface area contributed by atoms with Gasteiger partial charge in [-0.1, -0.05) is 18.9 Å². The summed E-state index contributed by atoms with van der Waals surface area (Å²) in [5, 5.41) is 12.1. The topological polar surface area (TPSA) is 42.2 Å². The monoisotopic (exact) mass is 258 g/mol. The Balaban J connectivity index is 1.54. The van der Waals surface area contributed by atoms with Crippen molar-refractivity contribution >= 4 is 5.65 Å². The molecule has 2 heterocycles. The number of nitrogens with one attached hydrogen (secondary N) is 1. The first-order chi connectivity index (χ1) is 9.34. The molecule has 2 aromatic rings. The Labute approximate surface area is 114 Å². The molecule has 1 unspecified atom stereocenters. The summed E-state index contributed by atoms with van der Waals surface area (Å²) in [6, 6.07) is 6.63. The molecule has 1 aliphatic rings. The second-order valence-corrected chi connectivity index (χ2v) is 5.58. The Hall–Kier alpha value is -1.42. The van der Waals surface area contributed by atoms with Gasteiger partial charge in [-0.05, 0) is 37.8 Å². The Morgan fingerprint density at radius 3 is 3.00 bits per heavy atom. The van der Waals surface area contributed by atoms with Gasteiger partial charge in [0.15, 0.2) is 5.65 Å². The van der Waals surface area contributed by atoms with Gasteiger partial charge in [-0.15, -0.1) is 10.2 Å². The molecule has 0 saturated heterocycles. The van der Waals surface area contributed by atoms with Crippen LogP contribution in [-0.4, -0.2) is 27.2 Å². The zero-order chi connectivity index (χ0) is 13.1. The average molecular weight is 258 g/mol. The molecule has 1 N–H and O–H groups in total. The van der Waals surface area contributed by atoms with E-state index in [0.717, 1.165) is 30.4 Å². The van der Waals surface area contributed by atoms with Gasteiger partial charge < -0.3 is 5.32 Å². The summed E-state index contributed by atoms with van der Waals surface area (Å²) in [6.07, 6.45) is 8.56. The summed E-state index contributed by atoms with van der Waals surface area (Å²) in [5.74, 6) is 1.91. The van der Waals surface area contributed by atoms with E-state index in [9.17, 15) is 0 Å². The second kappa shape index (κ2) is 5.70. The van der Waals surface area contributed by atoms with Crippen molar-refractivity contribution in [3.8, 4) is 0 Å². The van der Waals surface area contributed by atoms with Gasteiger partial charge in [-0.25, -0.2) is 0 Å². The van der Waals surface area contributed by atoms with E-state index in [1.54, 1.807) is 0 Å². The highest BCUT2D eigenvalue weighted by atomic mass is 15.2. The van der Waals surface area contributed by atoms with Gasteiger partial charge in [-0.3, -0.25) is 4.40 Å². The fourth-order valence-corrected chi connectivity index (χ4v) is 3.10. The third-order valence-electron chi connectivity index (χ3n) is 4.31. The van der Waals surface area contributed by atoms with E-state index in [1.165, 1.54) is 25.7 Å². The molecule has 0 spiro atoms. The Kier molecular flexibility index (Phi) is 3.78. The number of hydrogen-bond donors (Lipinski definition) is 1. The molecule has 19 heavy (non-hydrogen) atoms. The Morgan fingerprint density at radius 1 is 1.32 bits per heavy atom. The minimum Gasteiger partial charge on any atom is -0.314 e. The molecule has 1 saturated carbocycles. The summed E-state index contributed by atoms with van der Waals surface area (Å²) >= 11 is 0. The quantitative estimate of drug-likeness (QED) is 0.895. The van der Waals surface area contributed by atoms with E-state index < -0.39 is 0 Å². The minimum atomic E-state index is 0.627. The summed E-state index contributed by atoms with van der Waals surface area (Å²) in [6.45, 7) is 3.30. The second-order valence-electron chi connectivity index (χ2n) is 5.58. The Bertz CT molecular complexity index is 528. The van der Waals surface area contributed by atoms with Crippen LogP contribution in [0.25, 0.3) is 5.65 Å². The molecule has 4 nitrogen and oxygen atoms in total. The van der Waals surface area contributed by atoms with Crippen LogP contribution in [0.15, 0.2) is 24.4 Å². The molecule has 0 amide bonds. The molecular formula is C15H22N4. The smallest absolute Gasteiger partial charge is 0.160 e. The lowest BCUT2D eigenvalue weighted by Crippen LogP contribution is -2.33. The first-order valence-corrected chi connectivity index (χ1v) is 7.36. The predicted octanol–water partition coefficient (Wildman–Crippen LogP) is 2.44. The van der Waals surface area contributed by atoms with E-state index in [-0.39, 0.29) is 0 Å². The van der Waals surface area contributed by atoms with Crippen LogP contribution < -0.4 is 5.32 Å². The maximum atomic E-state index is 4.26. The highest BCUT2D eigenvalue weighted by Gasteiger charge is 2.20. The van der Waals surface area contributed by atoms with E-state index >= 15 is 0 Å². The molecule has 3 rings (SSSR count). The predicted molar refractivity (Wildman–Crippen MR) is 76.1 cm³/mol. The molecule has 0 aliphatic heterocycles. The third-order valence-corrected chi connectivity index (χ3v) is 4.31. The number of hydrogen-bond acceptors (Lipinski definition) is 3. The van der Waals surface area contributed by atoms with Gasteiger partial charge in [0, 0.05) is 25.2 Å². The lowest BCUT2D eigenvalue weighted by molar-refractivity contribution is 0.383. The fraction of sp³-hybridized carbons (Fsp3) is 0.600. The van der Waals surface area contributed by atoms with Gasteiger partial charge in [0.2, 0.25) is 0 Å². The summed E-state index contributed by atoms with van der Waals surface area (Å²) in [4.78, 5) is 0. The lowest BCUT2D eigenvalue weighted by Gasteiger charge is -2.20. The van der Waals surface area contributed by atoms with Crippen molar-refractivity contribution in [2.24, 2.45) is 5.92 Å². The molecule has 1 aliphatic carbocycles. The van der Waals surface area contributed by atoms with Crippen LogP contribution in [0.5, 0.6) is 0 Å². The van der Waals surface area contributed by atoms with Crippen LogP contribution in [0.4, 0.5) is 0 Å². The number of rotatable bonds is 5. The van der Waals surface area contributed by atoms with Crippen molar-refractivity contribution in [2.75, 3.05) is 6.54 Å². The van der Waals surface area contributed by atoms with Crippen LogP contribution >= 0.6 is 0 Å². The van der Waals surface area contributed by atoms with Gasteiger partial charge in [0.25, 0.3) is 0 Å². The van der Waals surface area contributed by atoms with Crippen molar-refractivity contribution in [1.29, 1.82) is 0 Å². The van der Waals surface area contributed by atoms with Gasteiger partial charge >= 0.3 is 0 Å². The number of nitrogens with zero attached hydrogens (tertiary/aromatic N) is 3. The van der Waals surface area contributed by atoms with Crippen LogP contribution in [0.1, 0.15) is 38.4 Å². The van der Waals surface area contributed by atoms with Crippen LogP contribution in [0.2, 0.25) is 0 Å². The van der Waals surface area contributed by atoms with Gasteiger partial charge in [-0.2, -0.15) is 0 Å². The van der Waals surface area contributed by atoms with E-state index in [2.05, 4.69) is 26.8 Å². The first-order valence-electron chi connectivity index (χ1n) is 7.36. The maximum absolute atomic E-state index is 4.26. The van der Waals surface area contributed by atoms with Crippen molar-refractivity contribution in [3.05, 3.63) is 30.2 Å². The standard InChI is InChI=1S/C15H22N4/c1-12(13-6-2-3-7-13)16-10-9-15-18-17-14-8-4-5-11-19(14)15/h4-5,8,11-13,16H,2-3,6-7,9-10H2,1H3. The van der Waals surface area contributed by atoms with E-state index in [1.807, 2.05) is 24.4 Å². The summed E-state index contributed by atoms with van der Waals surface area (Å²) in [5.41, 5.74) is 0.932.